The molecule has 0 spiro atoms. The van der Waals surface area contributed by atoms with Crippen LogP contribution in [0.5, 0.6) is 5.75 Å². The molecule has 0 aliphatic rings. The van der Waals surface area contributed by atoms with Crippen molar-refractivity contribution in [3.8, 4) is 5.75 Å². The molecule has 2 aromatic rings. The molecule has 2 rings (SSSR count). The van der Waals surface area contributed by atoms with Crippen molar-refractivity contribution in [2.75, 3.05) is 7.11 Å². The first kappa shape index (κ1) is 11.7. The Hall–Kier alpha value is -1.75. The topological polar surface area (TPSA) is 52.1 Å². The van der Waals surface area contributed by atoms with Gasteiger partial charge in [0.05, 0.1) is 7.11 Å². The fraction of sp³-hybridized carbons (Fsp3) is 0.250. The number of hydrogen-bond donors (Lipinski definition) is 0. The molecular weight excluding hydrogens is 236 g/mol. The molecule has 0 fully saturated rings. The first-order chi connectivity index (χ1) is 8.13. The van der Waals surface area contributed by atoms with Gasteiger partial charge in [0.15, 0.2) is 0 Å². The number of methoxy groups -OCH3 is 1. The Kier molecular flexibility index (Phi) is 3.19. The highest BCUT2D eigenvalue weighted by Gasteiger charge is 2.16. The van der Waals surface area contributed by atoms with Crippen LogP contribution in [-0.2, 0) is 0 Å². The number of aromatic nitrogens is 2. The average Bonchev–Trinajstić information content (AvgIpc) is 2.84. The van der Waals surface area contributed by atoms with E-state index in [0.717, 1.165) is 16.9 Å². The van der Waals surface area contributed by atoms with Crippen LogP contribution in [0.25, 0.3) is 0 Å². The first-order valence-corrected chi connectivity index (χ1v) is 5.94. The van der Waals surface area contributed by atoms with E-state index < -0.39 is 0 Å². The predicted molar refractivity (Wildman–Crippen MR) is 65.8 cm³/mol. The van der Waals surface area contributed by atoms with E-state index in [9.17, 15) is 4.79 Å². The van der Waals surface area contributed by atoms with E-state index in [4.69, 9.17) is 4.74 Å². The molecule has 0 amide bonds. The lowest BCUT2D eigenvalue weighted by Gasteiger charge is -2.09. The molecule has 0 atom stereocenters. The van der Waals surface area contributed by atoms with Crippen molar-refractivity contribution in [3.63, 3.8) is 0 Å². The summed E-state index contributed by atoms with van der Waals surface area (Å²) in [5.74, 6) is 0.692. The fourth-order valence-electron chi connectivity index (χ4n) is 1.66. The minimum atomic E-state index is -0.0954. The Morgan fingerprint density at radius 3 is 2.65 bits per heavy atom. The van der Waals surface area contributed by atoms with Crippen molar-refractivity contribution in [3.05, 3.63) is 39.9 Å². The van der Waals surface area contributed by atoms with E-state index in [1.165, 1.54) is 11.5 Å². The summed E-state index contributed by atoms with van der Waals surface area (Å²) in [6.45, 7) is 3.79. The van der Waals surface area contributed by atoms with Crippen LogP contribution < -0.4 is 4.74 Å². The molecular formula is C12H12N2O2S. The van der Waals surface area contributed by atoms with E-state index in [0.29, 0.717) is 11.3 Å². The number of hydrogen-bond acceptors (Lipinski definition) is 5. The van der Waals surface area contributed by atoms with Gasteiger partial charge in [0.2, 0.25) is 5.78 Å². The molecule has 88 valence electrons. The SMILES string of the molecule is COc1cc(C)c(C(=O)c2csnn2)cc1C. The van der Waals surface area contributed by atoms with E-state index in [1.807, 2.05) is 26.0 Å². The van der Waals surface area contributed by atoms with Crippen LogP contribution in [0.2, 0.25) is 0 Å². The molecule has 0 N–H and O–H groups in total. The molecule has 0 saturated heterocycles. The normalized spacial score (nSPS) is 10.3. The lowest BCUT2D eigenvalue weighted by molar-refractivity contribution is 0.103. The Morgan fingerprint density at radius 2 is 2.06 bits per heavy atom. The van der Waals surface area contributed by atoms with Crippen LogP contribution in [0.4, 0.5) is 0 Å². The van der Waals surface area contributed by atoms with Gasteiger partial charge >= 0.3 is 0 Å². The number of carbonyl (C=O) groups excluding carboxylic acids is 1. The van der Waals surface area contributed by atoms with Crippen LogP contribution in [0.3, 0.4) is 0 Å². The smallest absolute Gasteiger partial charge is 0.214 e. The molecule has 0 radical (unpaired) electrons. The number of nitrogens with zero attached hydrogens (tertiary/aromatic N) is 2. The van der Waals surface area contributed by atoms with Gasteiger partial charge in [-0.25, -0.2) is 0 Å². The van der Waals surface area contributed by atoms with E-state index in [2.05, 4.69) is 9.59 Å². The summed E-state index contributed by atoms with van der Waals surface area (Å²) in [6.07, 6.45) is 0. The number of aryl methyl sites for hydroxylation is 2. The van der Waals surface area contributed by atoms with Crippen molar-refractivity contribution in [1.29, 1.82) is 0 Å². The Balaban J connectivity index is 2.46. The van der Waals surface area contributed by atoms with Crippen LogP contribution in [0.15, 0.2) is 17.5 Å². The minimum absolute atomic E-state index is 0.0954. The highest BCUT2D eigenvalue weighted by atomic mass is 32.1. The molecule has 0 saturated carbocycles. The third-order valence-corrected chi connectivity index (χ3v) is 3.08. The average molecular weight is 248 g/mol. The molecule has 5 heteroatoms. The summed E-state index contributed by atoms with van der Waals surface area (Å²) < 4.78 is 8.91. The van der Waals surface area contributed by atoms with Crippen LogP contribution in [0, 0.1) is 13.8 Å². The van der Waals surface area contributed by atoms with Crippen molar-refractivity contribution in [2.45, 2.75) is 13.8 Å². The van der Waals surface area contributed by atoms with Gasteiger partial charge in [0.1, 0.15) is 11.4 Å². The lowest BCUT2D eigenvalue weighted by atomic mass is 10.00. The molecule has 1 aromatic heterocycles. The summed E-state index contributed by atoms with van der Waals surface area (Å²) in [5.41, 5.74) is 2.86. The van der Waals surface area contributed by atoms with Gasteiger partial charge in [-0.2, -0.15) is 0 Å². The second-order valence-corrected chi connectivity index (χ2v) is 4.37. The second-order valence-electron chi connectivity index (χ2n) is 3.76. The van der Waals surface area contributed by atoms with Gasteiger partial charge in [-0.15, -0.1) is 5.10 Å². The molecule has 0 bridgehead atoms. The summed E-state index contributed by atoms with van der Waals surface area (Å²) in [6, 6.07) is 3.69. The van der Waals surface area contributed by atoms with Crippen molar-refractivity contribution < 1.29 is 9.53 Å². The molecule has 1 aromatic carbocycles. The van der Waals surface area contributed by atoms with Gasteiger partial charge in [-0.3, -0.25) is 4.79 Å². The van der Waals surface area contributed by atoms with Gasteiger partial charge in [0, 0.05) is 10.9 Å². The number of ether oxygens (including phenoxy) is 1. The van der Waals surface area contributed by atoms with Crippen molar-refractivity contribution in [2.24, 2.45) is 0 Å². The summed E-state index contributed by atoms with van der Waals surface area (Å²) in [5, 5.41) is 5.45. The third kappa shape index (κ3) is 2.19. The van der Waals surface area contributed by atoms with Gasteiger partial charge in [-0.05, 0) is 48.6 Å². The van der Waals surface area contributed by atoms with Crippen molar-refractivity contribution >= 4 is 17.3 Å². The number of benzene rings is 1. The van der Waals surface area contributed by atoms with Gasteiger partial charge in [-0.1, -0.05) is 4.49 Å². The number of rotatable bonds is 3. The molecule has 4 nitrogen and oxygen atoms in total. The van der Waals surface area contributed by atoms with Crippen LogP contribution in [-0.4, -0.2) is 22.5 Å². The monoisotopic (exact) mass is 248 g/mol. The Labute approximate surface area is 103 Å². The first-order valence-electron chi connectivity index (χ1n) is 5.10. The molecule has 0 aliphatic carbocycles. The van der Waals surface area contributed by atoms with Gasteiger partial charge in [0.25, 0.3) is 0 Å². The maximum Gasteiger partial charge on any atom is 0.214 e. The third-order valence-electron chi connectivity index (χ3n) is 2.58. The summed E-state index contributed by atoms with van der Waals surface area (Å²) >= 11 is 1.17. The molecule has 17 heavy (non-hydrogen) atoms. The number of ketones is 1. The Bertz CT molecular complexity index is 550. The summed E-state index contributed by atoms with van der Waals surface area (Å²) in [4.78, 5) is 12.1. The lowest BCUT2D eigenvalue weighted by Crippen LogP contribution is -2.05. The van der Waals surface area contributed by atoms with Crippen LogP contribution in [0.1, 0.15) is 27.2 Å². The quantitative estimate of drug-likeness (QED) is 0.783. The van der Waals surface area contributed by atoms with E-state index >= 15 is 0 Å². The van der Waals surface area contributed by atoms with E-state index in [-0.39, 0.29) is 5.78 Å². The maximum atomic E-state index is 12.1. The highest BCUT2D eigenvalue weighted by molar-refractivity contribution is 7.03. The second kappa shape index (κ2) is 4.63. The zero-order valence-electron chi connectivity index (χ0n) is 9.85. The molecule has 0 unspecified atom stereocenters. The number of carbonyl (C=O) groups is 1. The van der Waals surface area contributed by atoms with E-state index in [1.54, 1.807) is 12.5 Å². The molecule has 0 aliphatic heterocycles. The van der Waals surface area contributed by atoms with Crippen molar-refractivity contribution in [1.82, 2.24) is 9.59 Å². The summed E-state index contributed by atoms with van der Waals surface area (Å²) in [7, 11) is 1.62. The maximum absolute atomic E-state index is 12.1. The minimum Gasteiger partial charge on any atom is -0.496 e. The Morgan fingerprint density at radius 1 is 1.29 bits per heavy atom. The fourth-order valence-corrected chi connectivity index (χ4v) is 2.09. The zero-order chi connectivity index (χ0) is 12.4. The van der Waals surface area contributed by atoms with Gasteiger partial charge < -0.3 is 4.74 Å². The zero-order valence-corrected chi connectivity index (χ0v) is 10.7. The predicted octanol–water partition coefficient (Wildman–Crippen LogP) is 2.39. The standard InChI is InChI=1S/C12H12N2O2S/c1-7-5-11(16-3)8(2)4-9(7)12(15)10-6-17-14-13-10/h4-6H,1-3H3. The highest BCUT2D eigenvalue weighted by Crippen LogP contribution is 2.24. The molecule has 1 heterocycles. The van der Waals surface area contributed by atoms with Crippen LogP contribution >= 0.6 is 11.5 Å². The largest absolute Gasteiger partial charge is 0.496 e.